The van der Waals surface area contributed by atoms with Crippen molar-refractivity contribution in [2.24, 2.45) is 0 Å². The molecule has 0 atom stereocenters. The number of benzene rings is 1. The second-order valence-electron chi connectivity index (χ2n) is 6.57. The number of urea groups is 1. The molecule has 0 spiro atoms. The van der Waals surface area contributed by atoms with Gasteiger partial charge in [0.2, 0.25) is 0 Å². The van der Waals surface area contributed by atoms with Crippen LogP contribution in [-0.2, 0) is 0 Å². The number of hydrogen-bond acceptors (Lipinski definition) is 2. The molecule has 1 saturated heterocycles. The Kier molecular flexibility index (Phi) is 5.61. The Balaban J connectivity index is 1.50. The normalized spacial score (nSPS) is 19.2. The number of nitrogens with one attached hydrogen (secondary N) is 1. The lowest BCUT2D eigenvalue weighted by Gasteiger charge is -2.36. The van der Waals surface area contributed by atoms with E-state index in [1.54, 1.807) is 29.2 Å². The van der Waals surface area contributed by atoms with Gasteiger partial charge in [0, 0.05) is 42.8 Å². The zero-order valence-electron chi connectivity index (χ0n) is 13.8. The number of halogens is 1. The largest absolute Gasteiger partial charge is 0.335 e. The maximum absolute atomic E-state index is 12.5. The van der Waals surface area contributed by atoms with E-state index in [9.17, 15) is 9.59 Å². The van der Waals surface area contributed by atoms with Crippen LogP contribution in [0.1, 0.15) is 42.5 Å². The molecule has 1 N–H and O–H groups in total. The summed E-state index contributed by atoms with van der Waals surface area (Å²) in [5.41, 5.74) is 0.600. The molecule has 0 unspecified atom stereocenters. The van der Waals surface area contributed by atoms with E-state index >= 15 is 0 Å². The first kappa shape index (κ1) is 17.1. The molecule has 1 aromatic rings. The van der Waals surface area contributed by atoms with E-state index in [2.05, 4.69) is 5.32 Å². The van der Waals surface area contributed by atoms with Gasteiger partial charge in [-0.25, -0.2) is 4.79 Å². The topological polar surface area (TPSA) is 52.7 Å². The molecular formula is C18H24ClN3O2. The summed E-state index contributed by atoms with van der Waals surface area (Å²) in [6, 6.07) is 7.33. The maximum Gasteiger partial charge on any atom is 0.317 e. The molecule has 1 heterocycles. The Bertz CT molecular complexity index is 594. The molecule has 1 aliphatic carbocycles. The van der Waals surface area contributed by atoms with Crippen molar-refractivity contribution in [2.45, 2.75) is 38.1 Å². The van der Waals surface area contributed by atoms with Gasteiger partial charge >= 0.3 is 6.03 Å². The van der Waals surface area contributed by atoms with Crippen LogP contribution >= 0.6 is 11.6 Å². The van der Waals surface area contributed by atoms with E-state index in [0.717, 1.165) is 12.8 Å². The lowest BCUT2D eigenvalue weighted by molar-refractivity contribution is 0.0662. The predicted molar refractivity (Wildman–Crippen MR) is 94.3 cm³/mol. The van der Waals surface area contributed by atoms with Crippen LogP contribution in [0.3, 0.4) is 0 Å². The molecule has 2 aliphatic rings. The molecule has 3 rings (SSSR count). The number of nitrogens with zero attached hydrogens (tertiary/aromatic N) is 2. The van der Waals surface area contributed by atoms with Gasteiger partial charge in [-0.05, 0) is 31.0 Å². The van der Waals surface area contributed by atoms with Gasteiger partial charge in [0.05, 0.1) is 0 Å². The van der Waals surface area contributed by atoms with Gasteiger partial charge in [0.25, 0.3) is 5.91 Å². The molecule has 6 heteroatoms. The average Bonchev–Trinajstić information content (AvgIpc) is 2.62. The number of hydrogen-bond donors (Lipinski definition) is 1. The molecule has 24 heavy (non-hydrogen) atoms. The Morgan fingerprint density at radius 1 is 1.00 bits per heavy atom. The van der Waals surface area contributed by atoms with Crippen molar-refractivity contribution in [1.29, 1.82) is 0 Å². The Hall–Kier alpha value is -1.75. The summed E-state index contributed by atoms with van der Waals surface area (Å²) in [6.45, 7) is 2.27. The van der Waals surface area contributed by atoms with Crippen LogP contribution in [0.15, 0.2) is 24.3 Å². The second-order valence-corrected chi connectivity index (χ2v) is 7.01. The van der Waals surface area contributed by atoms with Crippen LogP contribution in [0, 0.1) is 0 Å². The van der Waals surface area contributed by atoms with E-state index in [1.807, 2.05) is 4.90 Å². The number of piperazine rings is 1. The van der Waals surface area contributed by atoms with Crippen LogP contribution < -0.4 is 5.32 Å². The predicted octanol–water partition coefficient (Wildman–Crippen LogP) is 3.14. The first-order chi connectivity index (χ1) is 11.6. The Labute approximate surface area is 147 Å². The van der Waals surface area contributed by atoms with Gasteiger partial charge in [0.15, 0.2) is 0 Å². The molecule has 2 fully saturated rings. The van der Waals surface area contributed by atoms with Gasteiger partial charge in [-0.2, -0.15) is 0 Å². The van der Waals surface area contributed by atoms with Crippen molar-refractivity contribution >= 4 is 23.5 Å². The third kappa shape index (κ3) is 4.20. The van der Waals surface area contributed by atoms with Crippen molar-refractivity contribution in [3.63, 3.8) is 0 Å². The minimum Gasteiger partial charge on any atom is -0.335 e. The number of amides is 3. The highest BCUT2D eigenvalue weighted by Crippen LogP contribution is 2.18. The summed E-state index contributed by atoms with van der Waals surface area (Å²) < 4.78 is 0. The fourth-order valence-corrected chi connectivity index (χ4v) is 3.62. The maximum atomic E-state index is 12.5. The molecule has 3 amide bonds. The molecule has 0 bridgehead atoms. The highest BCUT2D eigenvalue weighted by Gasteiger charge is 2.26. The minimum atomic E-state index is -0.0233. The summed E-state index contributed by atoms with van der Waals surface area (Å²) >= 11 is 5.95. The van der Waals surface area contributed by atoms with Crippen molar-refractivity contribution in [3.8, 4) is 0 Å². The van der Waals surface area contributed by atoms with Crippen LogP contribution in [0.25, 0.3) is 0 Å². The number of rotatable bonds is 2. The van der Waals surface area contributed by atoms with Crippen molar-refractivity contribution in [3.05, 3.63) is 34.9 Å². The lowest BCUT2D eigenvalue weighted by atomic mass is 9.96. The fraction of sp³-hybridized carbons (Fsp3) is 0.556. The molecule has 0 aromatic heterocycles. The first-order valence-electron chi connectivity index (χ1n) is 8.74. The fourth-order valence-electron chi connectivity index (χ4n) is 3.43. The minimum absolute atomic E-state index is 0.0109. The molecule has 130 valence electrons. The second kappa shape index (κ2) is 7.88. The van der Waals surface area contributed by atoms with Crippen molar-refractivity contribution in [2.75, 3.05) is 26.2 Å². The summed E-state index contributed by atoms with van der Waals surface area (Å²) in [5.74, 6) is -0.0233. The number of carbonyl (C=O) groups excluding carboxylic acids is 2. The highest BCUT2D eigenvalue weighted by atomic mass is 35.5. The molecule has 1 aromatic carbocycles. The molecule has 1 saturated carbocycles. The molecule has 5 nitrogen and oxygen atoms in total. The van der Waals surface area contributed by atoms with Gasteiger partial charge < -0.3 is 15.1 Å². The van der Waals surface area contributed by atoms with Gasteiger partial charge in [-0.1, -0.05) is 36.9 Å². The van der Waals surface area contributed by atoms with E-state index in [0.29, 0.717) is 42.8 Å². The van der Waals surface area contributed by atoms with Crippen LogP contribution in [0.2, 0.25) is 5.02 Å². The van der Waals surface area contributed by atoms with Gasteiger partial charge in [0.1, 0.15) is 0 Å². The average molecular weight is 350 g/mol. The van der Waals surface area contributed by atoms with E-state index in [4.69, 9.17) is 11.6 Å². The molecule has 0 radical (unpaired) electrons. The van der Waals surface area contributed by atoms with E-state index in [1.165, 1.54) is 19.3 Å². The standard InChI is InChI=1S/C18H24ClN3O2/c19-15-6-4-5-14(13-15)17(23)21-9-11-22(12-10-21)18(24)20-16-7-2-1-3-8-16/h4-6,13,16H,1-3,7-12H2,(H,20,24). The SMILES string of the molecule is O=C(NC1CCCCC1)N1CCN(C(=O)c2cccc(Cl)c2)CC1. The highest BCUT2D eigenvalue weighted by molar-refractivity contribution is 6.30. The van der Waals surface area contributed by atoms with Gasteiger partial charge in [-0.3, -0.25) is 4.79 Å². The third-order valence-corrected chi connectivity index (χ3v) is 5.09. The Morgan fingerprint density at radius 3 is 2.33 bits per heavy atom. The zero-order valence-corrected chi connectivity index (χ0v) is 14.6. The lowest BCUT2D eigenvalue weighted by Crippen LogP contribution is -2.54. The summed E-state index contributed by atoms with van der Waals surface area (Å²) in [7, 11) is 0. The first-order valence-corrected chi connectivity index (χ1v) is 9.11. The summed E-state index contributed by atoms with van der Waals surface area (Å²) in [5, 5.41) is 3.70. The Morgan fingerprint density at radius 2 is 1.67 bits per heavy atom. The van der Waals surface area contributed by atoms with Crippen LogP contribution in [0.5, 0.6) is 0 Å². The molecule has 1 aliphatic heterocycles. The third-order valence-electron chi connectivity index (χ3n) is 4.86. The van der Waals surface area contributed by atoms with Crippen LogP contribution in [-0.4, -0.2) is 54.0 Å². The monoisotopic (exact) mass is 349 g/mol. The number of carbonyl (C=O) groups is 2. The van der Waals surface area contributed by atoms with E-state index in [-0.39, 0.29) is 11.9 Å². The van der Waals surface area contributed by atoms with E-state index < -0.39 is 0 Å². The van der Waals surface area contributed by atoms with Gasteiger partial charge in [-0.15, -0.1) is 0 Å². The summed E-state index contributed by atoms with van der Waals surface area (Å²) in [6.07, 6.45) is 5.84. The van der Waals surface area contributed by atoms with Crippen LogP contribution in [0.4, 0.5) is 4.79 Å². The zero-order chi connectivity index (χ0) is 16.9. The smallest absolute Gasteiger partial charge is 0.317 e. The molecular weight excluding hydrogens is 326 g/mol. The van der Waals surface area contributed by atoms with Crippen molar-refractivity contribution in [1.82, 2.24) is 15.1 Å². The quantitative estimate of drug-likeness (QED) is 0.891. The van der Waals surface area contributed by atoms with Crippen molar-refractivity contribution < 1.29 is 9.59 Å². The summed E-state index contributed by atoms with van der Waals surface area (Å²) in [4.78, 5) is 28.4.